The molecule has 15 heavy (non-hydrogen) atoms. The summed E-state index contributed by atoms with van der Waals surface area (Å²) >= 11 is 0. The van der Waals surface area contributed by atoms with Gasteiger partial charge in [-0.3, -0.25) is 0 Å². The molecule has 0 N–H and O–H groups in total. The van der Waals surface area contributed by atoms with Crippen molar-refractivity contribution in [1.29, 1.82) is 0 Å². The first-order chi connectivity index (χ1) is 7.18. The van der Waals surface area contributed by atoms with Gasteiger partial charge >= 0.3 is 0 Å². The topological polar surface area (TPSA) is 46.3 Å². The molecule has 78 valence electrons. The van der Waals surface area contributed by atoms with Crippen LogP contribution < -0.4 is 0 Å². The molecule has 0 atom stereocenters. The number of aliphatic imine (C=N–C) groups is 1. The van der Waals surface area contributed by atoms with Gasteiger partial charge in [0.1, 0.15) is 12.0 Å². The quantitative estimate of drug-likeness (QED) is 0.544. The summed E-state index contributed by atoms with van der Waals surface area (Å²) in [5.74, 6) is 0.703. The minimum atomic E-state index is 0.703. The van der Waals surface area contributed by atoms with E-state index in [1.54, 1.807) is 6.34 Å². The van der Waals surface area contributed by atoms with Crippen LogP contribution in [0.15, 0.2) is 23.6 Å². The predicted molar refractivity (Wildman–Crippen MR) is 60.3 cm³/mol. The minimum Gasteiger partial charge on any atom is -0.369 e. The molecule has 2 heterocycles. The summed E-state index contributed by atoms with van der Waals surface area (Å²) in [5.41, 5.74) is 0.899. The molecule has 0 saturated carbocycles. The first kappa shape index (κ1) is 9.64. The van der Waals surface area contributed by atoms with Crippen molar-refractivity contribution >= 4 is 23.2 Å². The van der Waals surface area contributed by atoms with E-state index in [4.69, 9.17) is 0 Å². The largest absolute Gasteiger partial charge is 0.369 e. The molecular formula is C10H13N5. The van der Waals surface area contributed by atoms with Crippen LogP contribution in [-0.4, -0.2) is 39.9 Å². The SMILES string of the molecule is CN(C)C=Nc1ncnc2c1ccn2C. The summed E-state index contributed by atoms with van der Waals surface area (Å²) in [6.07, 6.45) is 5.22. The molecule has 0 radical (unpaired) electrons. The first-order valence-corrected chi connectivity index (χ1v) is 4.65. The molecule has 2 aromatic heterocycles. The van der Waals surface area contributed by atoms with Crippen LogP contribution >= 0.6 is 0 Å². The van der Waals surface area contributed by atoms with Gasteiger partial charge in [0.25, 0.3) is 0 Å². The van der Waals surface area contributed by atoms with Crippen molar-refractivity contribution in [3.05, 3.63) is 18.6 Å². The van der Waals surface area contributed by atoms with Crippen LogP contribution in [0.5, 0.6) is 0 Å². The molecule has 0 fully saturated rings. The maximum atomic E-state index is 4.28. The molecule has 5 heteroatoms. The monoisotopic (exact) mass is 203 g/mol. The maximum Gasteiger partial charge on any atom is 0.166 e. The van der Waals surface area contributed by atoms with Crippen LogP contribution in [0.2, 0.25) is 0 Å². The van der Waals surface area contributed by atoms with E-state index in [0.29, 0.717) is 5.82 Å². The van der Waals surface area contributed by atoms with Crippen molar-refractivity contribution in [3.8, 4) is 0 Å². The first-order valence-electron chi connectivity index (χ1n) is 4.65. The van der Waals surface area contributed by atoms with Gasteiger partial charge in [0, 0.05) is 27.3 Å². The average Bonchev–Trinajstić information content (AvgIpc) is 2.58. The number of nitrogens with zero attached hydrogens (tertiary/aromatic N) is 5. The fourth-order valence-corrected chi connectivity index (χ4v) is 1.34. The third kappa shape index (κ3) is 1.81. The standard InChI is InChI=1S/C10H13N5/c1-14(2)7-13-9-8-4-5-15(3)10(8)12-6-11-9/h4-7H,1-3H3. The Morgan fingerprint density at radius 3 is 2.93 bits per heavy atom. The maximum absolute atomic E-state index is 4.28. The van der Waals surface area contributed by atoms with E-state index >= 15 is 0 Å². The lowest BCUT2D eigenvalue weighted by Crippen LogP contribution is -2.07. The molecule has 0 aliphatic heterocycles. The summed E-state index contributed by atoms with van der Waals surface area (Å²) in [4.78, 5) is 14.5. The van der Waals surface area contributed by atoms with E-state index in [2.05, 4.69) is 15.0 Å². The number of rotatable bonds is 2. The van der Waals surface area contributed by atoms with Crippen molar-refractivity contribution in [2.45, 2.75) is 0 Å². The van der Waals surface area contributed by atoms with Gasteiger partial charge < -0.3 is 9.47 Å². The van der Waals surface area contributed by atoms with E-state index in [0.717, 1.165) is 11.0 Å². The molecule has 0 saturated heterocycles. The highest BCUT2D eigenvalue weighted by Crippen LogP contribution is 2.21. The van der Waals surface area contributed by atoms with Crippen molar-refractivity contribution in [1.82, 2.24) is 19.4 Å². The number of hydrogen-bond acceptors (Lipinski definition) is 3. The molecule has 0 aliphatic carbocycles. The fraction of sp³-hybridized carbons (Fsp3) is 0.300. The van der Waals surface area contributed by atoms with Crippen molar-refractivity contribution in [3.63, 3.8) is 0 Å². The van der Waals surface area contributed by atoms with Gasteiger partial charge in [0.2, 0.25) is 0 Å². The Morgan fingerprint density at radius 1 is 1.40 bits per heavy atom. The third-order valence-corrected chi connectivity index (χ3v) is 2.05. The Hall–Kier alpha value is -1.91. The molecule has 2 rings (SSSR count). The number of fused-ring (bicyclic) bond motifs is 1. The Morgan fingerprint density at radius 2 is 2.20 bits per heavy atom. The lowest BCUT2D eigenvalue weighted by atomic mass is 10.4. The molecule has 0 spiro atoms. The Kier molecular flexibility index (Phi) is 2.37. The van der Waals surface area contributed by atoms with E-state index in [9.17, 15) is 0 Å². The van der Waals surface area contributed by atoms with Crippen molar-refractivity contribution < 1.29 is 0 Å². The van der Waals surface area contributed by atoms with Gasteiger partial charge in [-0.25, -0.2) is 15.0 Å². The zero-order valence-corrected chi connectivity index (χ0v) is 9.05. The van der Waals surface area contributed by atoms with Crippen LogP contribution in [0.1, 0.15) is 0 Å². The van der Waals surface area contributed by atoms with Gasteiger partial charge in [-0.15, -0.1) is 0 Å². The second-order valence-corrected chi connectivity index (χ2v) is 3.57. The van der Waals surface area contributed by atoms with Gasteiger partial charge in [-0.05, 0) is 6.07 Å². The molecule has 0 unspecified atom stereocenters. The molecule has 0 aromatic carbocycles. The smallest absolute Gasteiger partial charge is 0.166 e. The summed E-state index contributed by atoms with van der Waals surface area (Å²) < 4.78 is 1.95. The zero-order chi connectivity index (χ0) is 10.8. The molecule has 0 aliphatic rings. The Labute approximate surface area is 88.1 Å². The molecule has 2 aromatic rings. The van der Waals surface area contributed by atoms with E-state index < -0.39 is 0 Å². The summed E-state index contributed by atoms with van der Waals surface area (Å²) in [6.45, 7) is 0. The highest BCUT2D eigenvalue weighted by Gasteiger charge is 2.04. The van der Waals surface area contributed by atoms with Gasteiger partial charge in [0.15, 0.2) is 5.82 Å². The third-order valence-electron chi connectivity index (χ3n) is 2.05. The summed E-state index contributed by atoms with van der Waals surface area (Å²) in [5, 5.41) is 0.970. The van der Waals surface area contributed by atoms with E-state index in [1.165, 1.54) is 6.33 Å². The Balaban J connectivity index is 2.52. The van der Waals surface area contributed by atoms with Crippen LogP contribution in [0, 0.1) is 0 Å². The fourth-order valence-electron chi connectivity index (χ4n) is 1.34. The van der Waals surface area contributed by atoms with E-state index in [1.807, 2.05) is 42.9 Å². The van der Waals surface area contributed by atoms with Crippen molar-refractivity contribution in [2.24, 2.45) is 12.0 Å². The normalized spacial score (nSPS) is 11.4. The second kappa shape index (κ2) is 3.68. The molecule has 0 bridgehead atoms. The van der Waals surface area contributed by atoms with Crippen molar-refractivity contribution in [2.75, 3.05) is 14.1 Å². The summed E-state index contributed by atoms with van der Waals surface area (Å²) in [6, 6.07) is 1.97. The van der Waals surface area contributed by atoms with Gasteiger partial charge in [0.05, 0.1) is 11.7 Å². The van der Waals surface area contributed by atoms with Crippen LogP contribution in [0.3, 0.4) is 0 Å². The van der Waals surface area contributed by atoms with Gasteiger partial charge in [-0.1, -0.05) is 0 Å². The number of aryl methyl sites for hydroxylation is 1. The molecule has 5 nitrogen and oxygen atoms in total. The zero-order valence-electron chi connectivity index (χ0n) is 9.05. The highest BCUT2D eigenvalue weighted by atomic mass is 15.1. The van der Waals surface area contributed by atoms with Crippen LogP contribution in [0.4, 0.5) is 5.82 Å². The lowest BCUT2D eigenvalue weighted by Gasteiger charge is -2.02. The molecule has 0 amide bonds. The van der Waals surface area contributed by atoms with Gasteiger partial charge in [-0.2, -0.15) is 0 Å². The van der Waals surface area contributed by atoms with E-state index in [-0.39, 0.29) is 0 Å². The van der Waals surface area contributed by atoms with Crippen LogP contribution in [-0.2, 0) is 7.05 Å². The summed E-state index contributed by atoms with van der Waals surface area (Å²) in [7, 11) is 5.80. The predicted octanol–water partition coefficient (Wildman–Crippen LogP) is 1.19. The molecular weight excluding hydrogens is 190 g/mol. The minimum absolute atomic E-state index is 0.703. The number of hydrogen-bond donors (Lipinski definition) is 0. The van der Waals surface area contributed by atoms with Crippen LogP contribution in [0.25, 0.3) is 11.0 Å². The lowest BCUT2D eigenvalue weighted by molar-refractivity contribution is 0.643. The Bertz CT molecular complexity index is 497. The highest BCUT2D eigenvalue weighted by molar-refractivity contribution is 5.87. The second-order valence-electron chi connectivity index (χ2n) is 3.57. The number of aromatic nitrogens is 3. The average molecular weight is 203 g/mol.